The third-order valence-corrected chi connectivity index (χ3v) is 4.32. The standard InChI is InChI=1S/C14H20N2O5/c17-13(15-3-4-16-5-7-20-8-6-16)11-9-1-2-10(21-9)12(11)14(18)19/h1-2,9-12H,3-8H2,(H,15,17)(H,18,19)/t9-,10+,11-,12+/m1/s1. The van der Waals surface area contributed by atoms with Crippen LogP contribution in [0.1, 0.15) is 0 Å². The second kappa shape index (κ2) is 6.13. The molecule has 2 saturated heterocycles. The molecule has 3 rings (SSSR count). The number of amides is 1. The molecule has 7 nitrogen and oxygen atoms in total. The molecule has 1 amide bonds. The Labute approximate surface area is 122 Å². The van der Waals surface area contributed by atoms with Gasteiger partial charge in [0.25, 0.3) is 0 Å². The summed E-state index contributed by atoms with van der Waals surface area (Å²) in [5.74, 6) is -2.60. The van der Waals surface area contributed by atoms with Gasteiger partial charge in [0.15, 0.2) is 0 Å². The second-order valence-electron chi connectivity index (χ2n) is 5.59. The van der Waals surface area contributed by atoms with E-state index in [0.29, 0.717) is 6.54 Å². The molecule has 116 valence electrons. The summed E-state index contributed by atoms with van der Waals surface area (Å²) in [6, 6.07) is 0. The first-order valence-electron chi connectivity index (χ1n) is 7.31. The Balaban J connectivity index is 1.50. The highest BCUT2D eigenvalue weighted by Gasteiger charge is 2.53. The van der Waals surface area contributed by atoms with Crippen molar-refractivity contribution in [1.29, 1.82) is 0 Å². The van der Waals surface area contributed by atoms with Crippen molar-refractivity contribution in [2.45, 2.75) is 12.2 Å². The molecule has 0 spiro atoms. The number of aliphatic carboxylic acids is 1. The van der Waals surface area contributed by atoms with Crippen LogP contribution in [-0.4, -0.2) is 73.5 Å². The zero-order valence-electron chi connectivity index (χ0n) is 11.7. The quantitative estimate of drug-likeness (QED) is 0.639. The van der Waals surface area contributed by atoms with Crippen molar-refractivity contribution in [2.75, 3.05) is 39.4 Å². The van der Waals surface area contributed by atoms with Crippen molar-refractivity contribution in [3.63, 3.8) is 0 Å². The van der Waals surface area contributed by atoms with Crippen LogP contribution < -0.4 is 5.32 Å². The van der Waals surface area contributed by atoms with Gasteiger partial charge in [0, 0.05) is 26.2 Å². The number of morpholine rings is 1. The fourth-order valence-corrected chi connectivity index (χ4v) is 3.19. The van der Waals surface area contributed by atoms with Gasteiger partial charge in [0.05, 0.1) is 31.3 Å². The summed E-state index contributed by atoms with van der Waals surface area (Å²) in [4.78, 5) is 25.8. The second-order valence-corrected chi connectivity index (χ2v) is 5.59. The molecular formula is C14H20N2O5. The predicted molar refractivity (Wildman–Crippen MR) is 72.7 cm³/mol. The average molecular weight is 296 g/mol. The monoisotopic (exact) mass is 296 g/mol. The van der Waals surface area contributed by atoms with Crippen molar-refractivity contribution in [1.82, 2.24) is 10.2 Å². The fraction of sp³-hybridized carbons (Fsp3) is 0.714. The first-order valence-corrected chi connectivity index (χ1v) is 7.31. The van der Waals surface area contributed by atoms with Gasteiger partial charge >= 0.3 is 5.97 Å². The first kappa shape index (κ1) is 14.5. The molecule has 0 aliphatic carbocycles. The number of rotatable bonds is 5. The number of carbonyl (C=O) groups is 2. The number of nitrogens with one attached hydrogen (secondary N) is 1. The van der Waals surface area contributed by atoms with E-state index in [-0.39, 0.29) is 5.91 Å². The Morgan fingerprint density at radius 2 is 1.86 bits per heavy atom. The minimum absolute atomic E-state index is 0.229. The molecule has 0 aromatic rings. The maximum absolute atomic E-state index is 12.3. The molecule has 21 heavy (non-hydrogen) atoms. The molecule has 0 aromatic carbocycles. The molecule has 7 heteroatoms. The van der Waals surface area contributed by atoms with Crippen LogP contribution in [0.15, 0.2) is 12.2 Å². The van der Waals surface area contributed by atoms with Crippen molar-refractivity contribution in [3.05, 3.63) is 12.2 Å². The van der Waals surface area contributed by atoms with Crippen molar-refractivity contribution in [2.24, 2.45) is 11.8 Å². The summed E-state index contributed by atoms with van der Waals surface area (Å²) >= 11 is 0. The minimum atomic E-state index is -0.972. The number of carboxylic acid groups (broad SMARTS) is 1. The molecule has 0 unspecified atom stereocenters. The number of carbonyl (C=O) groups excluding carboxylic acids is 1. The Morgan fingerprint density at radius 1 is 1.19 bits per heavy atom. The number of carboxylic acids is 1. The Hall–Kier alpha value is -1.44. The predicted octanol–water partition coefficient (Wildman–Crippen LogP) is -0.911. The van der Waals surface area contributed by atoms with Gasteiger partial charge in [-0.25, -0.2) is 0 Å². The third kappa shape index (κ3) is 2.95. The van der Waals surface area contributed by atoms with Crippen LogP contribution in [0.4, 0.5) is 0 Å². The summed E-state index contributed by atoms with van der Waals surface area (Å²) in [7, 11) is 0. The first-order chi connectivity index (χ1) is 10.2. The van der Waals surface area contributed by atoms with Gasteiger partial charge in [-0.1, -0.05) is 12.2 Å². The zero-order chi connectivity index (χ0) is 14.8. The van der Waals surface area contributed by atoms with Gasteiger partial charge < -0.3 is 19.9 Å². The van der Waals surface area contributed by atoms with E-state index in [2.05, 4.69) is 10.2 Å². The van der Waals surface area contributed by atoms with E-state index in [1.807, 2.05) is 0 Å². The lowest BCUT2D eigenvalue weighted by Crippen LogP contribution is -2.46. The number of nitrogens with zero attached hydrogens (tertiary/aromatic N) is 1. The molecule has 3 aliphatic heterocycles. The number of hydrogen-bond acceptors (Lipinski definition) is 5. The highest BCUT2D eigenvalue weighted by molar-refractivity contribution is 5.87. The third-order valence-electron chi connectivity index (χ3n) is 4.32. The topological polar surface area (TPSA) is 88.1 Å². The zero-order valence-corrected chi connectivity index (χ0v) is 11.7. The normalized spacial score (nSPS) is 35.0. The molecule has 2 N–H and O–H groups in total. The van der Waals surface area contributed by atoms with Crippen LogP contribution in [-0.2, 0) is 19.1 Å². The van der Waals surface area contributed by atoms with Crippen molar-refractivity contribution < 1.29 is 24.2 Å². The smallest absolute Gasteiger partial charge is 0.310 e. The van der Waals surface area contributed by atoms with Gasteiger partial charge in [-0.15, -0.1) is 0 Å². The summed E-state index contributed by atoms with van der Waals surface area (Å²) in [6.07, 6.45) is 2.65. The molecule has 3 heterocycles. The largest absolute Gasteiger partial charge is 0.481 e. The maximum Gasteiger partial charge on any atom is 0.310 e. The SMILES string of the molecule is O=C(O)[C@@H]1[C@H](C(=O)NCCN2CCOCC2)[C@H]2C=C[C@@H]1O2. The Morgan fingerprint density at radius 3 is 2.52 bits per heavy atom. The van der Waals surface area contributed by atoms with Gasteiger partial charge in [0.1, 0.15) is 5.92 Å². The van der Waals surface area contributed by atoms with Gasteiger partial charge in [-0.3, -0.25) is 14.5 Å². The lowest BCUT2D eigenvalue weighted by Gasteiger charge is -2.27. The molecule has 4 atom stereocenters. The minimum Gasteiger partial charge on any atom is -0.481 e. The van der Waals surface area contributed by atoms with Crippen LogP contribution in [0.3, 0.4) is 0 Å². The highest BCUT2D eigenvalue weighted by atomic mass is 16.5. The Kier molecular flexibility index (Phi) is 4.23. The van der Waals surface area contributed by atoms with E-state index in [0.717, 1.165) is 32.8 Å². The summed E-state index contributed by atoms with van der Waals surface area (Å²) < 4.78 is 10.8. The van der Waals surface area contributed by atoms with E-state index >= 15 is 0 Å². The summed E-state index contributed by atoms with van der Waals surface area (Å²) in [5, 5.41) is 12.1. The Bertz CT molecular complexity index is 447. The van der Waals surface area contributed by atoms with E-state index in [1.165, 1.54) is 0 Å². The number of ether oxygens (including phenoxy) is 2. The van der Waals surface area contributed by atoms with Crippen LogP contribution >= 0.6 is 0 Å². The molecule has 2 fully saturated rings. The van der Waals surface area contributed by atoms with Gasteiger partial charge in [-0.2, -0.15) is 0 Å². The van der Waals surface area contributed by atoms with Crippen LogP contribution in [0.2, 0.25) is 0 Å². The summed E-state index contributed by atoms with van der Waals surface area (Å²) in [6.45, 7) is 4.45. The molecule has 0 saturated carbocycles. The lowest BCUT2D eigenvalue weighted by molar-refractivity contribution is -0.146. The molecule has 0 radical (unpaired) electrons. The summed E-state index contributed by atoms with van der Waals surface area (Å²) in [5.41, 5.74) is 0. The molecule has 2 bridgehead atoms. The van der Waals surface area contributed by atoms with Crippen molar-refractivity contribution >= 4 is 11.9 Å². The van der Waals surface area contributed by atoms with E-state index in [1.54, 1.807) is 12.2 Å². The number of hydrogen-bond donors (Lipinski definition) is 2. The lowest BCUT2D eigenvalue weighted by atomic mass is 9.82. The fourth-order valence-electron chi connectivity index (χ4n) is 3.19. The molecule has 3 aliphatic rings. The van der Waals surface area contributed by atoms with E-state index in [9.17, 15) is 14.7 Å². The van der Waals surface area contributed by atoms with E-state index < -0.39 is 30.0 Å². The van der Waals surface area contributed by atoms with Crippen LogP contribution in [0, 0.1) is 11.8 Å². The van der Waals surface area contributed by atoms with Crippen LogP contribution in [0.25, 0.3) is 0 Å². The van der Waals surface area contributed by atoms with Gasteiger partial charge in [-0.05, 0) is 0 Å². The molecular weight excluding hydrogens is 276 g/mol. The van der Waals surface area contributed by atoms with Gasteiger partial charge in [0.2, 0.25) is 5.91 Å². The molecule has 0 aromatic heterocycles. The number of fused-ring (bicyclic) bond motifs is 2. The maximum atomic E-state index is 12.3. The average Bonchev–Trinajstić information content (AvgIpc) is 3.08. The van der Waals surface area contributed by atoms with Crippen molar-refractivity contribution in [3.8, 4) is 0 Å². The van der Waals surface area contributed by atoms with E-state index in [4.69, 9.17) is 9.47 Å². The highest BCUT2D eigenvalue weighted by Crippen LogP contribution is 2.39. The van der Waals surface area contributed by atoms with Crippen LogP contribution in [0.5, 0.6) is 0 Å².